The van der Waals surface area contributed by atoms with Crippen molar-refractivity contribution in [1.29, 1.82) is 0 Å². The topological polar surface area (TPSA) is 75.7 Å². The molecule has 0 spiro atoms. The van der Waals surface area contributed by atoms with E-state index in [0.717, 1.165) is 21.2 Å². The Hall–Kier alpha value is -1.90. The third kappa shape index (κ3) is 4.02. The summed E-state index contributed by atoms with van der Waals surface area (Å²) in [5.74, 6) is -0.0295. The fourth-order valence-corrected chi connectivity index (χ4v) is 4.41. The summed E-state index contributed by atoms with van der Waals surface area (Å²) in [5, 5.41) is 2.76. The normalized spacial score (nSPS) is 11.6. The zero-order valence-corrected chi connectivity index (χ0v) is 16.5. The van der Waals surface area contributed by atoms with Crippen LogP contribution in [-0.2, 0) is 16.4 Å². The van der Waals surface area contributed by atoms with Crippen LogP contribution in [0.25, 0.3) is 0 Å². The molecule has 0 bridgehead atoms. The van der Waals surface area contributed by atoms with Crippen LogP contribution in [-0.4, -0.2) is 39.8 Å². The molecule has 2 aromatic rings. The summed E-state index contributed by atoms with van der Waals surface area (Å²) in [4.78, 5) is 14.2. The van der Waals surface area contributed by atoms with Gasteiger partial charge < -0.3 is 10.1 Å². The van der Waals surface area contributed by atoms with Gasteiger partial charge in [-0.05, 0) is 43.2 Å². The molecule has 136 valence electrons. The van der Waals surface area contributed by atoms with Gasteiger partial charge in [0, 0.05) is 24.7 Å². The predicted molar refractivity (Wildman–Crippen MR) is 100 cm³/mol. The molecule has 0 saturated heterocycles. The van der Waals surface area contributed by atoms with E-state index < -0.39 is 10.0 Å². The van der Waals surface area contributed by atoms with E-state index in [1.165, 1.54) is 44.7 Å². The fraction of sp³-hybridized carbons (Fsp3) is 0.353. The lowest BCUT2D eigenvalue weighted by molar-refractivity contribution is 0.103. The highest BCUT2D eigenvalue weighted by atomic mass is 32.2. The monoisotopic (exact) mass is 382 g/mol. The first kappa shape index (κ1) is 19.4. The van der Waals surface area contributed by atoms with Crippen LogP contribution in [0, 0.1) is 6.92 Å². The van der Waals surface area contributed by atoms with Crippen molar-refractivity contribution >= 4 is 33.0 Å². The zero-order chi connectivity index (χ0) is 18.8. The summed E-state index contributed by atoms with van der Waals surface area (Å²) in [6.07, 6.45) is 0.873. The van der Waals surface area contributed by atoms with Crippen molar-refractivity contribution < 1.29 is 17.9 Å². The van der Waals surface area contributed by atoms with Gasteiger partial charge in [0.15, 0.2) is 0 Å². The minimum atomic E-state index is -3.69. The molecule has 2 rings (SSSR count). The lowest BCUT2D eigenvalue weighted by Gasteiger charge is -2.15. The van der Waals surface area contributed by atoms with Crippen LogP contribution in [0.5, 0.6) is 5.75 Å². The molecule has 1 heterocycles. The van der Waals surface area contributed by atoms with Crippen LogP contribution in [0.2, 0.25) is 0 Å². The molecule has 0 aliphatic heterocycles. The van der Waals surface area contributed by atoms with E-state index in [-0.39, 0.29) is 16.6 Å². The van der Waals surface area contributed by atoms with Crippen LogP contribution >= 0.6 is 11.3 Å². The van der Waals surface area contributed by atoms with Gasteiger partial charge in [-0.15, -0.1) is 11.3 Å². The minimum Gasteiger partial charge on any atom is -0.495 e. The number of hydrogen-bond acceptors (Lipinski definition) is 5. The van der Waals surface area contributed by atoms with Gasteiger partial charge in [0.2, 0.25) is 10.0 Å². The quantitative estimate of drug-likeness (QED) is 0.833. The Labute approximate surface area is 152 Å². The Morgan fingerprint density at radius 3 is 2.48 bits per heavy atom. The Morgan fingerprint density at radius 2 is 1.96 bits per heavy atom. The SMILES string of the molecule is CCc1sc(C(=O)Nc2ccc(OC)c(S(=O)(=O)N(C)C)c2)cc1C. The highest BCUT2D eigenvalue weighted by Gasteiger charge is 2.23. The number of nitrogens with one attached hydrogen (secondary N) is 1. The Morgan fingerprint density at radius 1 is 1.28 bits per heavy atom. The number of methoxy groups -OCH3 is 1. The second-order valence-electron chi connectivity index (χ2n) is 5.68. The number of carbonyl (C=O) groups is 1. The molecule has 25 heavy (non-hydrogen) atoms. The van der Waals surface area contributed by atoms with E-state index in [2.05, 4.69) is 5.32 Å². The molecule has 0 atom stereocenters. The third-order valence-electron chi connectivity index (χ3n) is 3.75. The first-order valence-corrected chi connectivity index (χ1v) is 9.97. The van der Waals surface area contributed by atoms with Crippen molar-refractivity contribution in [2.24, 2.45) is 0 Å². The van der Waals surface area contributed by atoms with Crippen molar-refractivity contribution in [2.75, 3.05) is 26.5 Å². The largest absolute Gasteiger partial charge is 0.495 e. The first-order valence-electron chi connectivity index (χ1n) is 7.72. The number of anilines is 1. The van der Waals surface area contributed by atoms with Crippen LogP contribution in [0.3, 0.4) is 0 Å². The van der Waals surface area contributed by atoms with Gasteiger partial charge in [0.25, 0.3) is 5.91 Å². The molecule has 0 saturated carbocycles. The summed E-state index contributed by atoms with van der Waals surface area (Å²) >= 11 is 1.45. The van der Waals surface area contributed by atoms with Crippen LogP contribution in [0.1, 0.15) is 27.0 Å². The van der Waals surface area contributed by atoms with Gasteiger partial charge in [-0.3, -0.25) is 4.79 Å². The number of sulfonamides is 1. The van der Waals surface area contributed by atoms with E-state index in [0.29, 0.717) is 10.6 Å². The number of thiophene rings is 1. The van der Waals surface area contributed by atoms with E-state index in [1.54, 1.807) is 6.07 Å². The maximum Gasteiger partial charge on any atom is 0.265 e. The smallest absolute Gasteiger partial charge is 0.265 e. The van der Waals surface area contributed by atoms with Gasteiger partial charge in [-0.1, -0.05) is 6.92 Å². The molecule has 0 fully saturated rings. The summed E-state index contributed by atoms with van der Waals surface area (Å²) < 4.78 is 31.1. The van der Waals surface area contributed by atoms with Crippen molar-refractivity contribution in [1.82, 2.24) is 4.31 Å². The summed E-state index contributed by atoms with van der Waals surface area (Å²) in [7, 11) is 0.607. The molecule has 1 amide bonds. The number of hydrogen-bond donors (Lipinski definition) is 1. The average Bonchev–Trinajstić information content (AvgIpc) is 2.95. The van der Waals surface area contributed by atoms with Crippen LogP contribution in [0.15, 0.2) is 29.2 Å². The predicted octanol–water partition coefficient (Wildman–Crippen LogP) is 3.13. The third-order valence-corrected chi connectivity index (χ3v) is 6.96. The van der Waals surface area contributed by atoms with Crippen molar-refractivity contribution in [3.63, 3.8) is 0 Å². The molecule has 0 unspecified atom stereocenters. The molecule has 0 aliphatic rings. The minimum absolute atomic E-state index is 0.00871. The second-order valence-corrected chi connectivity index (χ2v) is 8.93. The molecular weight excluding hydrogens is 360 g/mol. The van der Waals surface area contributed by atoms with Crippen LogP contribution in [0.4, 0.5) is 5.69 Å². The maximum atomic E-state index is 12.5. The zero-order valence-electron chi connectivity index (χ0n) is 14.9. The average molecular weight is 383 g/mol. The van der Waals surface area contributed by atoms with Crippen molar-refractivity contribution in [2.45, 2.75) is 25.2 Å². The molecular formula is C17H22N2O4S2. The number of ether oxygens (including phenoxy) is 1. The Balaban J connectivity index is 2.35. The summed E-state index contributed by atoms with van der Waals surface area (Å²) in [6.45, 7) is 4.02. The molecule has 1 N–H and O–H groups in total. The Kier molecular flexibility index (Phi) is 5.87. The molecule has 6 nitrogen and oxygen atoms in total. The molecule has 0 aliphatic carbocycles. The lowest BCUT2D eigenvalue weighted by Crippen LogP contribution is -2.23. The lowest BCUT2D eigenvalue weighted by atomic mass is 10.2. The molecule has 0 radical (unpaired) electrons. The van der Waals surface area contributed by atoms with E-state index >= 15 is 0 Å². The number of nitrogens with zero attached hydrogens (tertiary/aromatic N) is 1. The van der Waals surface area contributed by atoms with Crippen molar-refractivity contribution in [3.05, 3.63) is 39.6 Å². The highest BCUT2D eigenvalue weighted by Crippen LogP contribution is 2.29. The van der Waals surface area contributed by atoms with Crippen molar-refractivity contribution in [3.8, 4) is 5.75 Å². The van der Waals surface area contributed by atoms with Crippen LogP contribution < -0.4 is 10.1 Å². The summed E-state index contributed by atoms with van der Waals surface area (Å²) in [5.41, 5.74) is 1.48. The van der Waals surface area contributed by atoms with E-state index in [4.69, 9.17) is 4.74 Å². The van der Waals surface area contributed by atoms with Gasteiger partial charge in [0.05, 0.1) is 12.0 Å². The van der Waals surface area contributed by atoms with Gasteiger partial charge in [-0.25, -0.2) is 12.7 Å². The number of benzene rings is 1. The number of amides is 1. The van der Waals surface area contributed by atoms with Gasteiger partial charge in [0.1, 0.15) is 10.6 Å². The van der Waals surface area contributed by atoms with E-state index in [1.807, 2.05) is 19.9 Å². The molecule has 8 heteroatoms. The second kappa shape index (κ2) is 7.55. The van der Waals surface area contributed by atoms with E-state index in [9.17, 15) is 13.2 Å². The Bertz CT molecular complexity index is 886. The number of rotatable bonds is 6. The maximum absolute atomic E-state index is 12.5. The standard InChI is InChI=1S/C17H22N2O4S2/c1-6-14-11(2)9-15(24-14)17(20)18-12-7-8-13(23-5)16(10-12)25(21,22)19(3)4/h7-10H,6H2,1-5H3,(H,18,20). The molecule has 1 aromatic heterocycles. The fourth-order valence-electron chi connectivity index (χ4n) is 2.33. The summed E-state index contributed by atoms with van der Waals surface area (Å²) in [6, 6.07) is 6.41. The van der Waals surface area contributed by atoms with Gasteiger partial charge in [-0.2, -0.15) is 0 Å². The van der Waals surface area contributed by atoms with Gasteiger partial charge >= 0.3 is 0 Å². The molecule has 1 aromatic carbocycles. The first-order chi connectivity index (χ1) is 11.7. The number of aryl methyl sites for hydroxylation is 2. The highest BCUT2D eigenvalue weighted by molar-refractivity contribution is 7.89. The number of carbonyl (C=O) groups excluding carboxylic acids is 1.